The van der Waals surface area contributed by atoms with E-state index in [9.17, 15) is 4.79 Å². The Morgan fingerprint density at radius 3 is 2.83 bits per heavy atom. The summed E-state index contributed by atoms with van der Waals surface area (Å²) in [7, 11) is 1.51. The highest BCUT2D eigenvalue weighted by Crippen LogP contribution is 2.33. The zero-order chi connectivity index (χ0) is 21.1. The number of anilines is 1. The lowest BCUT2D eigenvalue weighted by atomic mass is 9.89. The predicted octanol–water partition coefficient (Wildman–Crippen LogP) is 4.02. The fourth-order valence-electron chi connectivity index (χ4n) is 4.24. The summed E-state index contributed by atoms with van der Waals surface area (Å²) >= 11 is 6.06. The van der Waals surface area contributed by atoms with Gasteiger partial charge in [0.15, 0.2) is 0 Å². The van der Waals surface area contributed by atoms with E-state index in [1.54, 1.807) is 12.1 Å². The highest BCUT2D eigenvalue weighted by atomic mass is 35.5. The van der Waals surface area contributed by atoms with Crippen LogP contribution in [0, 0.1) is 0 Å². The molecule has 1 aliphatic heterocycles. The minimum absolute atomic E-state index is 0.206. The number of hydrogen-bond acceptors (Lipinski definition) is 4. The second kappa shape index (κ2) is 8.98. The van der Waals surface area contributed by atoms with Crippen molar-refractivity contribution >= 4 is 34.1 Å². The van der Waals surface area contributed by atoms with E-state index >= 15 is 0 Å². The molecule has 2 aromatic carbocycles. The molecule has 1 amide bonds. The van der Waals surface area contributed by atoms with Crippen LogP contribution in [0.5, 0.6) is 5.75 Å². The van der Waals surface area contributed by atoms with Crippen molar-refractivity contribution in [1.29, 1.82) is 0 Å². The Morgan fingerprint density at radius 2 is 2.07 bits per heavy atom. The number of methoxy groups -OCH3 is 1. The van der Waals surface area contributed by atoms with E-state index in [-0.39, 0.29) is 5.91 Å². The minimum Gasteiger partial charge on any atom is -0.496 e. The van der Waals surface area contributed by atoms with Crippen LogP contribution in [0.2, 0.25) is 5.02 Å². The molecule has 0 spiro atoms. The molecule has 4 rings (SSSR count). The van der Waals surface area contributed by atoms with Gasteiger partial charge in [-0.1, -0.05) is 29.8 Å². The van der Waals surface area contributed by atoms with E-state index in [0.29, 0.717) is 34.5 Å². The van der Waals surface area contributed by atoms with E-state index < -0.39 is 0 Å². The summed E-state index contributed by atoms with van der Waals surface area (Å²) < 4.78 is 5.26. The lowest BCUT2D eigenvalue weighted by Crippen LogP contribution is -2.39. The summed E-state index contributed by atoms with van der Waals surface area (Å²) in [4.78, 5) is 18.3. The van der Waals surface area contributed by atoms with Gasteiger partial charge in [-0.25, -0.2) is 0 Å². The third-order valence-electron chi connectivity index (χ3n) is 5.93. The number of ether oxygens (including phenoxy) is 1. The summed E-state index contributed by atoms with van der Waals surface area (Å²) in [6, 6.07) is 11.6. The van der Waals surface area contributed by atoms with Gasteiger partial charge >= 0.3 is 0 Å². The number of aromatic amines is 1. The number of rotatable bonds is 6. The van der Waals surface area contributed by atoms with Crippen LogP contribution in [0.3, 0.4) is 0 Å². The van der Waals surface area contributed by atoms with Crippen molar-refractivity contribution in [2.45, 2.75) is 18.8 Å². The minimum atomic E-state index is -0.206. The number of hydrogen-bond donors (Lipinski definition) is 3. The first-order chi connectivity index (χ1) is 14.6. The van der Waals surface area contributed by atoms with Gasteiger partial charge in [0.05, 0.1) is 23.4 Å². The third kappa shape index (κ3) is 4.25. The molecule has 2 heterocycles. The lowest BCUT2D eigenvalue weighted by molar-refractivity contribution is 0.0943. The summed E-state index contributed by atoms with van der Waals surface area (Å²) in [6.07, 6.45) is 4.41. The Labute approximate surface area is 181 Å². The van der Waals surface area contributed by atoms with Crippen LogP contribution in [0.1, 0.15) is 34.7 Å². The lowest BCUT2D eigenvalue weighted by Gasteiger charge is -2.32. The zero-order valence-corrected chi connectivity index (χ0v) is 17.8. The van der Waals surface area contributed by atoms with E-state index in [4.69, 9.17) is 22.1 Å². The van der Waals surface area contributed by atoms with Crippen LogP contribution in [0.4, 0.5) is 5.69 Å². The number of nitrogens with zero attached hydrogens (tertiary/aromatic N) is 1. The zero-order valence-electron chi connectivity index (χ0n) is 17.1. The number of carbonyl (C=O) groups is 1. The van der Waals surface area contributed by atoms with E-state index in [1.165, 1.54) is 23.6 Å². The van der Waals surface area contributed by atoms with Crippen molar-refractivity contribution in [3.63, 3.8) is 0 Å². The van der Waals surface area contributed by atoms with Crippen molar-refractivity contribution in [3.8, 4) is 5.75 Å². The maximum absolute atomic E-state index is 12.5. The molecule has 1 aliphatic rings. The second-order valence-electron chi connectivity index (χ2n) is 7.74. The van der Waals surface area contributed by atoms with Crippen LogP contribution >= 0.6 is 11.6 Å². The smallest absolute Gasteiger partial charge is 0.255 e. The molecule has 0 saturated carbocycles. The van der Waals surface area contributed by atoms with Gasteiger partial charge < -0.3 is 25.7 Å². The highest BCUT2D eigenvalue weighted by molar-refractivity contribution is 6.33. The molecule has 4 N–H and O–H groups in total. The van der Waals surface area contributed by atoms with Crippen LogP contribution in [0.15, 0.2) is 42.6 Å². The van der Waals surface area contributed by atoms with E-state index in [1.807, 2.05) is 0 Å². The molecular formula is C23H27ClN4O2. The fourth-order valence-corrected chi connectivity index (χ4v) is 4.40. The number of nitrogens with two attached hydrogens (primary N) is 1. The van der Waals surface area contributed by atoms with E-state index in [2.05, 4.69) is 45.7 Å². The molecule has 1 saturated heterocycles. The molecule has 0 radical (unpaired) electrons. The Balaban J connectivity index is 1.28. The maximum atomic E-state index is 12.5. The normalized spacial score (nSPS) is 15.4. The molecule has 6 nitrogen and oxygen atoms in total. The topological polar surface area (TPSA) is 83.4 Å². The molecular weight excluding hydrogens is 400 g/mol. The highest BCUT2D eigenvalue weighted by Gasteiger charge is 2.23. The van der Waals surface area contributed by atoms with Gasteiger partial charge in [0.2, 0.25) is 0 Å². The van der Waals surface area contributed by atoms with Gasteiger partial charge in [0, 0.05) is 36.3 Å². The summed E-state index contributed by atoms with van der Waals surface area (Å²) in [5.74, 6) is 0.796. The van der Waals surface area contributed by atoms with Crippen molar-refractivity contribution in [2.75, 3.05) is 39.0 Å². The number of amides is 1. The predicted molar refractivity (Wildman–Crippen MR) is 121 cm³/mol. The molecule has 7 heteroatoms. The number of halogens is 1. The number of nitrogens with one attached hydrogen (secondary N) is 2. The van der Waals surface area contributed by atoms with Gasteiger partial charge in [-0.15, -0.1) is 0 Å². The Bertz CT molecular complexity index is 1040. The van der Waals surface area contributed by atoms with Crippen LogP contribution in [-0.2, 0) is 0 Å². The van der Waals surface area contributed by atoms with Crippen molar-refractivity contribution < 1.29 is 9.53 Å². The Kier molecular flexibility index (Phi) is 6.16. The van der Waals surface area contributed by atoms with Crippen LogP contribution in [0.25, 0.3) is 10.9 Å². The second-order valence-corrected chi connectivity index (χ2v) is 8.14. The SMILES string of the molecule is COc1cc(N)c(Cl)cc1C(=O)NCCN1CCC(c2c[nH]c3ccccc23)CC1. The Hall–Kier alpha value is -2.70. The average molecular weight is 427 g/mol. The molecule has 158 valence electrons. The largest absolute Gasteiger partial charge is 0.496 e. The summed E-state index contributed by atoms with van der Waals surface area (Å²) in [6.45, 7) is 3.44. The first kappa shape index (κ1) is 20.6. The molecule has 0 bridgehead atoms. The maximum Gasteiger partial charge on any atom is 0.255 e. The fraction of sp³-hybridized carbons (Fsp3) is 0.348. The number of fused-ring (bicyclic) bond motifs is 1. The molecule has 0 atom stereocenters. The quantitative estimate of drug-likeness (QED) is 0.520. The van der Waals surface area contributed by atoms with E-state index in [0.717, 1.165) is 32.5 Å². The van der Waals surface area contributed by atoms with Crippen molar-refractivity contribution in [3.05, 3.63) is 58.7 Å². The summed E-state index contributed by atoms with van der Waals surface area (Å²) in [5.41, 5.74) is 9.20. The first-order valence-electron chi connectivity index (χ1n) is 10.3. The van der Waals surface area contributed by atoms with Gasteiger partial charge in [-0.3, -0.25) is 4.79 Å². The number of aromatic nitrogens is 1. The Morgan fingerprint density at radius 1 is 1.30 bits per heavy atom. The van der Waals surface area contributed by atoms with Gasteiger partial charge in [-0.2, -0.15) is 0 Å². The summed E-state index contributed by atoms with van der Waals surface area (Å²) in [5, 5.41) is 4.65. The number of likely N-dealkylation sites (tertiary alicyclic amines) is 1. The number of carbonyl (C=O) groups excluding carboxylic acids is 1. The number of benzene rings is 2. The van der Waals surface area contributed by atoms with Gasteiger partial charge in [0.1, 0.15) is 5.75 Å². The number of para-hydroxylation sites is 1. The molecule has 3 aromatic rings. The molecule has 0 unspecified atom stereocenters. The van der Waals surface area contributed by atoms with Gasteiger partial charge in [0.25, 0.3) is 5.91 Å². The van der Waals surface area contributed by atoms with Gasteiger partial charge in [-0.05, 0) is 49.5 Å². The van der Waals surface area contributed by atoms with Crippen LogP contribution < -0.4 is 15.8 Å². The number of H-pyrrole nitrogens is 1. The van der Waals surface area contributed by atoms with Crippen molar-refractivity contribution in [2.24, 2.45) is 0 Å². The average Bonchev–Trinajstić information content (AvgIpc) is 3.20. The standard InChI is InChI=1S/C23H27ClN4O2/c1-30-22-13-20(25)19(24)12-17(22)23(29)26-8-11-28-9-6-15(7-10-28)18-14-27-21-5-3-2-4-16(18)21/h2-5,12-15,27H,6-11,25H2,1H3,(H,26,29). The molecule has 0 aliphatic carbocycles. The monoisotopic (exact) mass is 426 g/mol. The number of nitrogen functional groups attached to an aromatic ring is 1. The van der Waals surface area contributed by atoms with Crippen LogP contribution in [-0.4, -0.2) is 49.1 Å². The van der Waals surface area contributed by atoms with Crippen molar-refractivity contribution in [1.82, 2.24) is 15.2 Å². The number of piperidine rings is 1. The molecule has 1 fully saturated rings. The first-order valence-corrected chi connectivity index (χ1v) is 10.6. The third-order valence-corrected chi connectivity index (χ3v) is 6.25. The molecule has 1 aromatic heterocycles. The molecule has 30 heavy (non-hydrogen) atoms.